The number of rotatable bonds is 3. The molecule has 4 N–H and O–H groups in total. The van der Waals surface area contributed by atoms with E-state index < -0.39 is 0 Å². The Morgan fingerprint density at radius 2 is 1.77 bits per heavy atom. The Labute approximate surface area is 155 Å². The van der Waals surface area contributed by atoms with E-state index in [4.69, 9.17) is 22.9 Å². The van der Waals surface area contributed by atoms with Crippen molar-refractivity contribution in [1.29, 1.82) is 0 Å². The van der Waals surface area contributed by atoms with Crippen LogP contribution in [0.2, 0.25) is 5.02 Å². The molecule has 0 aliphatic carbocycles. The van der Waals surface area contributed by atoms with Crippen molar-refractivity contribution in [3.05, 3.63) is 82.9 Å². The molecule has 6 heteroatoms. The number of amidine groups is 1. The minimum Gasteiger partial charge on any atom is -0.336 e. The van der Waals surface area contributed by atoms with Gasteiger partial charge in [0.2, 0.25) is 0 Å². The maximum Gasteiger partial charge on any atom is 0.350 e. The van der Waals surface area contributed by atoms with Gasteiger partial charge in [-0.05, 0) is 42.0 Å². The van der Waals surface area contributed by atoms with Gasteiger partial charge < -0.3 is 4.57 Å². The van der Waals surface area contributed by atoms with Crippen LogP contribution in [-0.4, -0.2) is 10.4 Å². The molecule has 0 spiro atoms. The maximum atomic E-state index is 6.15. The zero-order chi connectivity index (χ0) is 18.1. The van der Waals surface area contributed by atoms with Crippen molar-refractivity contribution in [2.24, 2.45) is 16.2 Å². The van der Waals surface area contributed by atoms with Gasteiger partial charge >= 0.3 is 5.84 Å². The fourth-order valence-electron chi connectivity index (χ4n) is 3.32. The summed E-state index contributed by atoms with van der Waals surface area (Å²) in [5.41, 5.74) is 4.20. The molecule has 0 atom stereocenters. The fourth-order valence-corrected chi connectivity index (χ4v) is 3.53. The van der Waals surface area contributed by atoms with E-state index in [-0.39, 0.29) is 0 Å². The molecule has 0 bridgehead atoms. The molecular formula is C20H17ClN5+. The second kappa shape index (κ2) is 6.61. The average molecular weight is 363 g/mol. The highest BCUT2D eigenvalue weighted by Gasteiger charge is 2.15. The smallest absolute Gasteiger partial charge is 0.336 e. The predicted molar refractivity (Wildman–Crippen MR) is 105 cm³/mol. The summed E-state index contributed by atoms with van der Waals surface area (Å²) in [5, 5.41) is 16.0. The molecular weight excluding hydrogens is 346 g/mol. The molecule has 0 radical (unpaired) electrons. The Hall–Kier alpha value is -3.18. The molecule has 0 fully saturated rings. The summed E-state index contributed by atoms with van der Waals surface area (Å²) in [6.07, 6.45) is 0. The monoisotopic (exact) mass is 362 g/mol. The van der Waals surface area contributed by atoms with Gasteiger partial charge in [0.1, 0.15) is 0 Å². The second-order valence-corrected chi connectivity index (χ2v) is 6.50. The number of benzene rings is 3. The van der Waals surface area contributed by atoms with E-state index in [0.717, 1.165) is 44.5 Å². The van der Waals surface area contributed by atoms with Crippen molar-refractivity contribution in [1.82, 2.24) is 4.57 Å². The van der Waals surface area contributed by atoms with Gasteiger partial charge in [-0.25, -0.2) is 0 Å². The average Bonchev–Trinajstić information content (AvgIpc) is 2.96. The third kappa shape index (κ3) is 2.82. The first kappa shape index (κ1) is 16.3. The summed E-state index contributed by atoms with van der Waals surface area (Å²) < 4.78 is 2.28. The Bertz CT molecular complexity index is 1160. The van der Waals surface area contributed by atoms with Crippen LogP contribution in [0.15, 0.2) is 77.1 Å². The number of aromatic nitrogens is 1. The van der Waals surface area contributed by atoms with E-state index in [2.05, 4.69) is 33.1 Å². The highest BCUT2D eigenvalue weighted by atomic mass is 35.5. The minimum atomic E-state index is 0.293. The molecule has 1 heterocycles. The second-order valence-electron chi connectivity index (χ2n) is 6.07. The van der Waals surface area contributed by atoms with Gasteiger partial charge in [-0.3, -0.25) is 11.3 Å². The Balaban J connectivity index is 1.92. The number of para-hydroxylation sites is 1. The molecule has 0 unspecified atom stereocenters. The summed E-state index contributed by atoms with van der Waals surface area (Å²) >= 11 is 6.15. The third-order valence-electron chi connectivity index (χ3n) is 4.46. The lowest BCUT2D eigenvalue weighted by Crippen LogP contribution is -2.38. The van der Waals surface area contributed by atoms with E-state index in [1.165, 1.54) is 0 Å². The number of hydrogen-bond acceptors (Lipinski definition) is 1. The molecule has 128 valence electrons. The van der Waals surface area contributed by atoms with Gasteiger partial charge in [-0.2, -0.15) is 0 Å². The lowest BCUT2D eigenvalue weighted by molar-refractivity contribution is -0.114. The van der Waals surface area contributed by atoms with Crippen molar-refractivity contribution >= 4 is 39.2 Å². The largest absolute Gasteiger partial charge is 0.350 e. The molecule has 26 heavy (non-hydrogen) atoms. The normalized spacial score (nSPS) is 11.6. The van der Waals surface area contributed by atoms with Gasteiger partial charge in [-0.15, -0.1) is 0 Å². The van der Waals surface area contributed by atoms with Crippen LogP contribution in [0.3, 0.4) is 0 Å². The minimum absolute atomic E-state index is 0.293. The number of hydrogen-bond donors (Lipinski definition) is 2. The molecule has 4 rings (SSSR count). The van der Waals surface area contributed by atoms with Crippen LogP contribution in [0, 0.1) is 0 Å². The van der Waals surface area contributed by atoms with E-state index in [0.29, 0.717) is 5.84 Å². The van der Waals surface area contributed by atoms with Gasteiger partial charge in [0.05, 0.1) is 10.7 Å². The first-order valence-corrected chi connectivity index (χ1v) is 8.54. The maximum absolute atomic E-state index is 6.15. The van der Waals surface area contributed by atoms with E-state index >= 15 is 0 Å². The molecule has 0 amide bonds. The Kier molecular flexibility index (Phi) is 4.14. The van der Waals surface area contributed by atoms with Crippen molar-refractivity contribution in [2.75, 3.05) is 0 Å². The summed E-state index contributed by atoms with van der Waals surface area (Å²) in [7, 11) is 0. The van der Waals surface area contributed by atoms with Crippen LogP contribution in [0.25, 0.3) is 21.8 Å². The standard InChI is InChI=1S/C20H16ClN5/c21-15-5-3-4-13(10-15)12-26-18-7-2-1-6-16(18)17-11-14(8-9-19(17)26)20(22)24-25-23/h1-11H,12H2,(H3,22,23,24)/p+1. The quantitative estimate of drug-likeness (QED) is 0.189. The van der Waals surface area contributed by atoms with Crippen LogP contribution in [-0.2, 0) is 6.54 Å². The van der Waals surface area contributed by atoms with Crippen molar-refractivity contribution in [3.63, 3.8) is 0 Å². The summed E-state index contributed by atoms with van der Waals surface area (Å²) in [6, 6.07) is 22.2. The number of nitrogens with two attached hydrogens (primary N) is 2. The Morgan fingerprint density at radius 1 is 0.962 bits per heavy atom. The van der Waals surface area contributed by atoms with Gasteiger partial charge in [0, 0.05) is 38.6 Å². The highest BCUT2D eigenvalue weighted by Crippen LogP contribution is 2.30. The third-order valence-corrected chi connectivity index (χ3v) is 4.70. The molecule has 0 saturated carbocycles. The predicted octanol–water partition coefficient (Wildman–Crippen LogP) is 3.33. The molecule has 4 aromatic rings. The summed E-state index contributed by atoms with van der Waals surface area (Å²) in [6.45, 7) is 0.728. The summed E-state index contributed by atoms with van der Waals surface area (Å²) in [4.78, 5) is 0. The zero-order valence-corrected chi connectivity index (χ0v) is 14.7. The van der Waals surface area contributed by atoms with E-state index in [9.17, 15) is 0 Å². The lowest BCUT2D eigenvalue weighted by atomic mass is 10.1. The zero-order valence-electron chi connectivity index (χ0n) is 13.9. The fraction of sp³-hybridized carbons (Fsp3) is 0.0500. The molecule has 0 aliphatic rings. The molecule has 0 aliphatic heterocycles. The van der Waals surface area contributed by atoms with E-state index in [1.54, 1.807) is 0 Å². The highest BCUT2D eigenvalue weighted by molar-refractivity contribution is 6.30. The molecule has 5 nitrogen and oxygen atoms in total. The molecule has 3 aromatic carbocycles. The molecule has 0 saturated heterocycles. The van der Waals surface area contributed by atoms with Gasteiger partial charge in [0.25, 0.3) is 0 Å². The van der Waals surface area contributed by atoms with Crippen molar-refractivity contribution in [2.45, 2.75) is 6.54 Å². The van der Waals surface area contributed by atoms with Crippen LogP contribution in [0.5, 0.6) is 0 Å². The topological polar surface area (TPSA) is 81.3 Å². The van der Waals surface area contributed by atoms with Crippen LogP contribution in [0.1, 0.15) is 11.1 Å². The van der Waals surface area contributed by atoms with Gasteiger partial charge in [-0.1, -0.05) is 41.9 Å². The number of halogens is 1. The molecule has 1 aromatic heterocycles. The Morgan fingerprint density at radius 3 is 2.58 bits per heavy atom. The number of nitrogens with zero attached hydrogens (tertiary/aromatic N) is 3. The first-order valence-electron chi connectivity index (χ1n) is 8.16. The van der Waals surface area contributed by atoms with Crippen LogP contribution < -0.4 is 11.3 Å². The van der Waals surface area contributed by atoms with E-state index in [1.807, 2.05) is 48.5 Å². The number of fused-ring (bicyclic) bond motifs is 3. The SMILES string of the molecule is NN=NC(=[NH2+])c1ccc2c(c1)c1ccccc1n2Cc1cccc(Cl)c1. The first-order chi connectivity index (χ1) is 12.7. The lowest BCUT2D eigenvalue weighted by Gasteiger charge is -2.08. The van der Waals surface area contributed by atoms with Crippen molar-refractivity contribution < 1.29 is 5.41 Å². The summed E-state index contributed by atoms with van der Waals surface area (Å²) in [5.74, 6) is 5.41. The van der Waals surface area contributed by atoms with Crippen molar-refractivity contribution in [3.8, 4) is 0 Å². The van der Waals surface area contributed by atoms with Crippen LogP contribution in [0.4, 0.5) is 0 Å². The van der Waals surface area contributed by atoms with Gasteiger partial charge in [0.15, 0.2) is 0 Å². The van der Waals surface area contributed by atoms with Crippen LogP contribution >= 0.6 is 11.6 Å².